The molecule has 1 atom stereocenters. The lowest BCUT2D eigenvalue weighted by atomic mass is 9.86. The van der Waals surface area contributed by atoms with Crippen molar-refractivity contribution in [3.8, 4) is 0 Å². The molecule has 0 bridgehead atoms. The van der Waals surface area contributed by atoms with E-state index in [0.29, 0.717) is 19.0 Å². The predicted molar refractivity (Wildman–Crippen MR) is 92.6 cm³/mol. The quantitative estimate of drug-likeness (QED) is 0.829. The molecule has 0 aromatic carbocycles. The number of carbonyl (C=O) groups is 2. The number of likely N-dealkylation sites (tertiary alicyclic amines) is 1. The summed E-state index contributed by atoms with van der Waals surface area (Å²) in [5, 5.41) is 3.32. The van der Waals surface area contributed by atoms with Crippen LogP contribution in [0.25, 0.3) is 0 Å². The molecule has 2 heterocycles. The Balaban J connectivity index is 0.00000192. The SMILES string of the molecule is CC1CCC(N2CC(C(=O)N3CCCNCC3)CC2=O)CC1.Cl. The van der Waals surface area contributed by atoms with E-state index in [2.05, 4.69) is 12.2 Å². The van der Waals surface area contributed by atoms with Gasteiger partial charge in [0, 0.05) is 38.6 Å². The van der Waals surface area contributed by atoms with Crippen molar-refractivity contribution in [1.82, 2.24) is 15.1 Å². The maximum atomic E-state index is 12.7. The first-order valence-corrected chi connectivity index (χ1v) is 8.94. The molecule has 0 spiro atoms. The van der Waals surface area contributed by atoms with Crippen LogP contribution in [-0.2, 0) is 9.59 Å². The summed E-state index contributed by atoms with van der Waals surface area (Å²) in [7, 11) is 0. The van der Waals surface area contributed by atoms with Crippen molar-refractivity contribution in [2.75, 3.05) is 32.7 Å². The molecule has 3 rings (SSSR count). The molecule has 2 amide bonds. The zero-order chi connectivity index (χ0) is 15.5. The summed E-state index contributed by atoms with van der Waals surface area (Å²) < 4.78 is 0. The van der Waals surface area contributed by atoms with Crippen molar-refractivity contribution >= 4 is 24.2 Å². The first kappa shape index (κ1) is 18.5. The summed E-state index contributed by atoms with van der Waals surface area (Å²) in [4.78, 5) is 29.0. The molecular weight excluding hydrogens is 314 g/mol. The highest BCUT2D eigenvalue weighted by atomic mass is 35.5. The summed E-state index contributed by atoms with van der Waals surface area (Å²) in [6.45, 7) is 6.42. The van der Waals surface area contributed by atoms with Gasteiger partial charge in [0.25, 0.3) is 0 Å². The van der Waals surface area contributed by atoms with E-state index in [0.717, 1.165) is 51.4 Å². The average Bonchev–Trinajstić information content (AvgIpc) is 2.74. The van der Waals surface area contributed by atoms with E-state index in [1.54, 1.807) is 0 Å². The standard InChI is InChI=1S/C17H29N3O2.ClH/c1-13-3-5-15(6-4-13)20-12-14(11-16(20)21)17(22)19-9-2-7-18-8-10-19;/h13-15,18H,2-12H2,1H3;1H. The summed E-state index contributed by atoms with van der Waals surface area (Å²) in [6, 6.07) is 0.382. The van der Waals surface area contributed by atoms with Crippen LogP contribution >= 0.6 is 12.4 Å². The molecule has 2 saturated heterocycles. The molecule has 0 aromatic heterocycles. The third-order valence-electron chi connectivity index (χ3n) is 5.59. The van der Waals surface area contributed by atoms with Crippen molar-refractivity contribution in [1.29, 1.82) is 0 Å². The molecule has 1 N–H and O–H groups in total. The Hall–Kier alpha value is -0.810. The minimum Gasteiger partial charge on any atom is -0.341 e. The molecule has 1 aliphatic carbocycles. The van der Waals surface area contributed by atoms with Crippen LogP contribution in [0, 0.1) is 11.8 Å². The summed E-state index contributed by atoms with van der Waals surface area (Å²) >= 11 is 0. The van der Waals surface area contributed by atoms with Crippen molar-refractivity contribution < 1.29 is 9.59 Å². The van der Waals surface area contributed by atoms with Gasteiger partial charge in [-0.05, 0) is 44.6 Å². The molecule has 23 heavy (non-hydrogen) atoms. The van der Waals surface area contributed by atoms with Gasteiger partial charge in [-0.3, -0.25) is 9.59 Å². The van der Waals surface area contributed by atoms with Crippen LogP contribution < -0.4 is 5.32 Å². The van der Waals surface area contributed by atoms with Crippen LogP contribution in [0.15, 0.2) is 0 Å². The van der Waals surface area contributed by atoms with Crippen molar-refractivity contribution in [2.24, 2.45) is 11.8 Å². The number of hydrogen-bond donors (Lipinski definition) is 1. The van der Waals surface area contributed by atoms with E-state index < -0.39 is 0 Å². The Labute approximate surface area is 145 Å². The highest BCUT2D eigenvalue weighted by Gasteiger charge is 2.40. The minimum atomic E-state index is -0.107. The van der Waals surface area contributed by atoms with Gasteiger partial charge in [0.05, 0.1) is 5.92 Å². The van der Waals surface area contributed by atoms with Crippen LogP contribution in [-0.4, -0.2) is 60.4 Å². The van der Waals surface area contributed by atoms with Gasteiger partial charge >= 0.3 is 0 Å². The van der Waals surface area contributed by atoms with E-state index in [1.807, 2.05) is 9.80 Å². The fourth-order valence-electron chi connectivity index (χ4n) is 4.13. The fourth-order valence-corrected chi connectivity index (χ4v) is 4.13. The summed E-state index contributed by atoms with van der Waals surface area (Å²) in [6.07, 6.45) is 6.09. The molecule has 0 aromatic rings. The highest BCUT2D eigenvalue weighted by molar-refractivity contribution is 5.89. The number of carbonyl (C=O) groups excluding carboxylic acids is 2. The first-order valence-electron chi connectivity index (χ1n) is 8.94. The molecule has 132 valence electrons. The number of nitrogens with one attached hydrogen (secondary N) is 1. The smallest absolute Gasteiger partial charge is 0.228 e. The zero-order valence-electron chi connectivity index (χ0n) is 14.1. The maximum Gasteiger partial charge on any atom is 0.228 e. The number of halogens is 1. The van der Waals surface area contributed by atoms with Crippen LogP contribution in [0.2, 0.25) is 0 Å². The number of hydrogen-bond acceptors (Lipinski definition) is 3. The van der Waals surface area contributed by atoms with Crippen molar-refractivity contribution in [2.45, 2.75) is 51.5 Å². The zero-order valence-corrected chi connectivity index (χ0v) is 14.9. The van der Waals surface area contributed by atoms with E-state index in [4.69, 9.17) is 0 Å². The second kappa shape index (κ2) is 8.34. The third-order valence-corrected chi connectivity index (χ3v) is 5.59. The molecule has 5 nitrogen and oxygen atoms in total. The molecule has 0 radical (unpaired) electrons. The van der Waals surface area contributed by atoms with Crippen LogP contribution in [0.1, 0.15) is 45.4 Å². The van der Waals surface area contributed by atoms with Gasteiger partial charge in [-0.15, -0.1) is 12.4 Å². The fraction of sp³-hybridized carbons (Fsp3) is 0.882. The molecule has 3 aliphatic rings. The summed E-state index contributed by atoms with van der Waals surface area (Å²) in [5.74, 6) is 1.08. The van der Waals surface area contributed by atoms with Crippen LogP contribution in [0.3, 0.4) is 0 Å². The molecule has 6 heteroatoms. The van der Waals surface area contributed by atoms with E-state index in [-0.39, 0.29) is 30.1 Å². The van der Waals surface area contributed by atoms with Crippen LogP contribution in [0.4, 0.5) is 0 Å². The second-order valence-corrected chi connectivity index (χ2v) is 7.29. The Kier molecular flexibility index (Phi) is 6.72. The number of rotatable bonds is 2. The largest absolute Gasteiger partial charge is 0.341 e. The lowest BCUT2D eigenvalue weighted by Crippen LogP contribution is -2.42. The van der Waals surface area contributed by atoms with Gasteiger partial charge in [0.1, 0.15) is 0 Å². The lowest BCUT2D eigenvalue weighted by Gasteiger charge is -2.34. The van der Waals surface area contributed by atoms with Gasteiger partial charge in [-0.25, -0.2) is 0 Å². The average molecular weight is 344 g/mol. The normalized spacial score (nSPS) is 32.4. The van der Waals surface area contributed by atoms with Gasteiger partial charge < -0.3 is 15.1 Å². The Morgan fingerprint density at radius 3 is 2.61 bits per heavy atom. The first-order chi connectivity index (χ1) is 10.6. The highest BCUT2D eigenvalue weighted by Crippen LogP contribution is 2.31. The van der Waals surface area contributed by atoms with E-state index in [1.165, 1.54) is 12.8 Å². The minimum absolute atomic E-state index is 0. The van der Waals surface area contributed by atoms with Gasteiger partial charge in [-0.1, -0.05) is 6.92 Å². The van der Waals surface area contributed by atoms with Gasteiger partial charge in [-0.2, -0.15) is 0 Å². The molecule has 1 saturated carbocycles. The van der Waals surface area contributed by atoms with Gasteiger partial charge in [0.2, 0.25) is 11.8 Å². The molecule has 2 aliphatic heterocycles. The molecule has 3 fully saturated rings. The Bertz CT molecular complexity index is 416. The van der Waals surface area contributed by atoms with Crippen molar-refractivity contribution in [3.63, 3.8) is 0 Å². The van der Waals surface area contributed by atoms with Gasteiger partial charge in [0.15, 0.2) is 0 Å². The van der Waals surface area contributed by atoms with Crippen molar-refractivity contribution in [3.05, 3.63) is 0 Å². The summed E-state index contributed by atoms with van der Waals surface area (Å²) in [5.41, 5.74) is 0. The second-order valence-electron chi connectivity index (χ2n) is 7.29. The van der Waals surface area contributed by atoms with Crippen LogP contribution in [0.5, 0.6) is 0 Å². The number of nitrogens with zero attached hydrogens (tertiary/aromatic N) is 2. The van der Waals surface area contributed by atoms with E-state index in [9.17, 15) is 9.59 Å². The van der Waals surface area contributed by atoms with E-state index >= 15 is 0 Å². The molecular formula is C17H30ClN3O2. The number of amides is 2. The monoisotopic (exact) mass is 343 g/mol. The third kappa shape index (κ3) is 4.38. The Morgan fingerprint density at radius 1 is 1.13 bits per heavy atom. The predicted octanol–water partition coefficient (Wildman–Crippen LogP) is 1.66. The molecule has 1 unspecified atom stereocenters. The topological polar surface area (TPSA) is 52.7 Å². The Morgan fingerprint density at radius 2 is 1.87 bits per heavy atom. The maximum absolute atomic E-state index is 12.7. The lowest BCUT2D eigenvalue weighted by molar-refractivity contribution is -0.135.